The molecule has 0 saturated heterocycles. The minimum Gasteiger partial charge on any atom is -0.493 e. The Morgan fingerprint density at radius 2 is 2.26 bits per heavy atom. The van der Waals surface area contributed by atoms with Gasteiger partial charge < -0.3 is 15.8 Å². The Hall–Kier alpha value is -1.55. The second-order valence-corrected chi connectivity index (χ2v) is 5.53. The molecule has 4 heteroatoms. The summed E-state index contributed by atoms with van der Waals surface area (Å²) in [4.78, 5) is 12.1. The lowest BCUT2D eigenvalue weighted by Crippen LogP contribution is -2.23. The van der Waals surface area contributed by atoms with E-state index in [1.165, 1.54) is 5.56 Å². The molecular formula is C15H20N2O2. The average molecular weight is 260 g/mol. The number of nitrogens with two attached hydrogens (primary N) is 1. The zero-order chi connectivity index (χ0) is 13.2. The number of carbonyl (C=O) groups is 1. The molecule has 1 saturated carbocycles. The fourth-order valence-electron chi connectivity index (χ4n) is 2.94. The molecule has 1 aliphatic carbocycles. The summed E-state index contributed by atoms with van der Waals surface area (Å²) < 4.78 is 5.57. The lowest BCUT2D eigenvalue weighted by Gasteiger charge is -2.18. The molecule has 19 heavy (non-hydrogen) atoms. The molecule has 2 atom stereocenters. The molecule has 1 fully saturated rings. The molecule has 1 aromatic carbocycles. The summed E-state index contributed by atoms with van der Waals surface area (Å²) >= 11 is 0. The van der Waals surface area contributed by atoms with Crippen LogP contribution in [-0.2, 0) is 11.2 Å². The van der Waals surface area contributed by atoms with Gasteiger partial charge in [0.15, 0.2) is 0 Å². The van der Waals surface area contributed by atoms with Crippen molar-refractivity contribution >= 4 is 11.6 Å². The largest absolute Gasteiger partial charge is 0.493 e. The molecule has 2 aliphatic rings. The van der Waals surface area contributed by atoms with Crippen molar-refractivity contribution in [1.82, 2.24) is 0 Å². The molecule has 0 spiro atoms. The van der Waals surface area contributed by atoms with Crippen LogP contribution >= 0.6 is 0 Å². The maximum absolute atomic E-state index is 12.1. The van der Waals surface area contributed by atoms with Gasteiger partial charge in [-0.3, -0.25) is 4.79 Å². The second kappa shape index (κ2) is 5.21. The first-order chi connectivity index (χ1) is 9.22. The monoisotopic (exact) mass is 260 g/mol. The minimum absolute atomic E-state index is 0.0716. The Balaban J connectivity index is 1.68. The van der Waals surface area contributed by atoms with Crippen LogP contribution in [0.1, 0.15) is 31.2 Å². The Bertz CT molecular complexity index is 487. The minimum atomic E-state index is 0.0716. The maximum atomic E-state index is 12.1. The van der Waals surface area contributed by atoms with Crippen molar-refractivity contribution in [3.63, 3.8) is 0 Å². The molecule has 4 nitrogen and oxygen atoms in total. The van der Waals surface area contributed by atoms with E-state index in [2.05, 4.69) is 5.32 Å². The summed E-state index contributed by atoms with van der Waals surface area (Å²) in [6.45, 7) is 0.790. The van der Waals surface area contributed by atoms with E-state index in [9.17, 15) is 4.79 Å². The predicted octanol–water partition coefficient (Wildman–Crippen LogP) is 2.08. The molecule has 3 N–H and O–H groups in total. The summed E-state index contributed by atoms with van der Waals surface area (Å²) in [6, 6.07) is 6.08. The van der Waals surface area contributed by atoms with E-state index >= 15 is 0 Å². The van der Waals surface area contributed by atoms with Gasteiger partial charge in [0.1, 0.15) is 5.75 Å². The third-order valence-electron chi connectivity index (χ3n) is 4.02. The fraction of sp³-hybridized carbons (Fsp3) is 0.533. The molecule has 2 unspecified atom stereocenters. The average Bonchev–Trinajstić information content (AvgIpc) is 2.85. The molecule has 1 aliphatic heterocycles. The van der Waals surface area contributed by atoms with E-state index in [1.807, 2.05) is 18.2 Å². The van der Waals surface area contributed by atoms with Gasteiger partial charge in [-0.15, -0.1) is 0 Å². The predicted molar refractivity (Wildman–Crippen MR) is 74.2 cm³/mol. The van der Waals surface area contributed by atoms with Gasteiger partial charge in [0.2, 0.25) is 5.91 Å². The maximum Gasteiger partial charge on any atom is 0.227 e. The molecule has 1 heterocycles. The van der Waals surface area contributed by atoms with Crippen molar-refractivity contribution in [3.05, 3.63) is 23.8 Å². The van der Waals surface area contributed by atoms with Crippen LogP contribution in [0.3, 0.4) is 0 Å². The number of hydrogen-bond acceptors (Lipinski definition) is 3. The number of amides is 1. The van der Waals surface area contributed by atoms with Gasteiger partial charge in [-0.1, -0.05) is 0 Å². The topological polar surface area (TPSA) is 64.4 Å². The molecule has 0 aromatic heterocycles. The van der Waals surface area contributed by atoms with Crippen LogP contribution in [0.15, 0.2) is 18.2 Å². The molecule has 0 bridgehead atoms. The Kier molecular flexibility index (Phi) is 3.42. The van der Waals surface area contributed by atoms with Gasteiger partial charge in [-0.2, -0.15) is 0 Å². The van der Waals surface area contributed by atoms with Gasteiger partial charge in [-0.05, 0) is 55.9 Å². The van der Waals surface area contributed by atoms with Crippen molar-refractivity contribution in [3.8, 4) is 5.75 Å². The van der Waals surface area contributed by atoms with Crippen LogP contribution in [0.2, 0.25) is 0 Å². The molecule has 0 radical (unpaired) electrons. The SMILES string of the molecule is NC1CCC(C(=O)Nc2ccc3c(c2)CCCO3)C1. The highest BCUT2D eigenvalue weighted by molar-refractivity contribution is 5.93. The third-order valence-corrected chi connectivity index (χ3v) is 4.02. The molecule has 1 aromatic rings. The quantitative estimate of drug-likeness (QED) is 0.855. The number of fused-ring (bicyclic) bond motifs is 1. The van der Waals surface area contributed by atoms with Crippen LogP contribution in [0.4, 0.5) is 5.69 Å². The van der Waals surface area contributed by atoms with E-state index in [-0.39, 0.29) is 17.9 Å². The highest BCUT2D eigenvalue weighted by Crippen LogP contribution is 2.29. The number of ether oxygens (including phenoxy) is 1. The molecule has 1 amide bonds. The van der Waals surface area contributed by atoms with Gasteiger partial charge in [0.25, 0.3) is 0 Å². The summed E-state index contributed by atoms with van der Waals surface area (Å²) in [7, 11) is 0. The number of anilines is 1. The van der Waals surface area contributed by atoms with Crippen LogP contribution < -0.4 is 15.8 Å². The highest BCUT2D eigenvalue weighted by Gasteiger charge is 2.27. The Morgan fingerprint density at radius 1 is 1.37 bits per heavy atom. The fourth-order valence-corrected chi connectivity index (χ4v) is 2.94. The summed E-state index contributed by atoms with van der Waals surface area (Å²) in [6.07, 6.45) is 4.73. The first-order valence-electron chi connectivity index (χ1n) is 7.04. The van der Waals surface area contributed by atoms with Crippen LogP contribution in [-0.4, -0.2) is 18.6 Å². The first-order valence-corrected chi connectivity index (χ1v) is 7.04. The molecule has 3 rings (SSSR count). The Morgan fingerprint density at radius 3 is 3.05 bits per heavy atom. The standard InChI is InChI=1S/C15H20N2O2/c16-12-4-3-11(8-12)15(18)17-13-5-6-14-10(9-13)2-1-7-19-14/h5-6,9,11-12H,1-4,7-8,16H2,(H,17,18). The molecular weight excluding hydrogens is 240 g/mol. The number of rotatable bonds is 2. The third kappa shape index (κ3) is 2.73. The van der Waals surface area contributed by atoms with Crippen molar-refractivity contribution in [2.45, 2.75) is 38.1 Å². The second-order valence-electron chi connectivity index (χ2n) is 5.53. The van der Waals surface area contributed by atoms with E-state index in [0.29, 0.717) is 0 Å². The van der Waals surface area contributed by atoms with Crippen molar-refractivity contribution < 1.29 is 9.53 Å². The van der Waals surface area contributed by atoms with Crippen LogP contribution in [0.5, 0.6) is 5.75 Å². The van der Waals surface area contributed by atoms with Crippen LogP contribution in [0.25, 0.3) is 0 Å². The van der Waals surface area contributed by atoms with Gasteiger partial charge in [-0.25, -0.2) is 0 Å². The lowest BCUT2D eigenvalue weighted by molar-refractivity contribution is -0.119. The number of benzene rings is 1. The smallest absolute Gasteiger partial charge is 0.227 e. The summed E-state index contributed by atoms with van der Waals surface area (Å²) in [5, 5.41) is 3.00. The van der Waals surface area contributed by atoms with Crippen molar-refractivity contribution in [1.29, 1.82) is 0 Å². The number of nitrogens with one attached hydrogen (secondary N) is 1. The van der Waals surface area contributed by atoms with E-state index < -0.39 is 0 Å². The summed E-state index contributed by atoms with van der Waals surface area (Å²) in [5.74, 6) is 1.12. The van der Waals surface area contributed by atoms with Gasteiger partial charge in [0.05, 0.1) is 6.61 Å². The number of aryl methyl sites for hydroxylation is 1. The molecule has 102 valence electrons. The van der Waals surface area contributed by atoms with Crippen molar-refractivity contribution in [2.24, 2.45) is 11.7 Å². The zero-order valence-electron chi connectivity index (χ0n) is 11.0. The van der Waals surface area contributed by atoms with Crippen molar-refractivity contribution in [2.75, 3.05) is 11.9 Å². The number of carbonyl (C=O) groups excluding carboxylic acids is 1. The van der Waals surface area contributed by atoms with E-state index in [1.54, 1.807) is 0 Å². The summed E-state index contributed by atoms with van der Waals surface area (Å²) in [5.41, 5.74) is 7.91. The van der Waals surface area contributed by atoms with E-state index in [4.69, 9.17) is 10.5 Å². The van der Waals surface area contributed by atoms with Gasteiger partial charge in [0, 0.05) is 17.6 Å². The lowest BCUT2D eigenvalue weighted by atomic mass is 10.0. The number of hydrogen-bond donors (Lipinski definition) is 2. The van der Waals surface area contributed by atoms with Gasteiger partial charge >= 0.3 is 0 Å². The zero-order valence-corrected chi connectivity index (χ0v) is 11.0. The van der Waals surface area contributed by atoms with E-state index in [0.717, 1.165) is 50.1 Å². The first kappa shape index (κ1) is 12.5. The normalized spacial score (nSPS) is 25.5. The highest BCUT2D eigenvalue weighted by atomic mass is 16.5. The Labute approximate surface area is 113 Å². The van der Waals surface area contributed by atoms with Crippen LogP contribution in [0, 0.1) is 5.92 Å².